The lowest BCUT2D eigenvalue weighted by molar-refractivity contribution is -0.138. The van der Waals surface area contributed by atoms with Crippen LogP contribution in [0.1, 0.15) is 30.1 Å². The van der Waals surface area contributed by atoms with Crippen LogP contribution in [0.4, 0.5) is 0 Å². The molecule has 23 heavy (non-hydrogen) atoms. The van der Waals surface area contributed by atoms with Crippen molar-refractivity contribution in [2.45, 2.75) is 45.1 Å². The van der Waals surface area contributed by atoms with E-state index in [1.54, 1.807) is 6.20 Å². The van der Waals surface area contributed by atoms with Crippen molar-refractivity contribution in [3.63, 3.8) is 0 Å². The van der Waals surface area contributed by atoms with E-state index < -0.39 is 0 Å². The van der Waals surface area contributed by atoms with Crippen LogP contribution in [0.15, 0.2) is 18.6 Å². The molecule has 0 aromatic carbocycles. The highest BCUT2D eigenvalue weighted by atomic mass is 16.5. The molecule has 1 saturated heterocycles. The van der Waals surface area contributed by atoms with Gasteiger partial charge in [0, 0.05) is 32.3 Å². The first-order valence-corrected chi connectivity index (χ1v) is 7.98. The second kappa shape index (κ2) is 5.77. The summed E-state index contributed by atoms with van der Waals surface area (Å²) in [7, 11) is 0. The molecule has 8 nitrogen and oxygen atoms in total. The topological polar surface area (TPSA) is 78.1 Å². The van der Waals surface area contributed by atoms with Crippen molar-refractivity contribution in [2.24, 2.45) is 0 Å². The van der Waals surface area contributed by atoms with Crippen LogP contribution >= 0.6 is 0 Å². The number of rotatable bonds is 3. The zero-order chi connectivity index (χ0) is 15.8. The average Bonchev–Trinajstić information content (AvgIpc) is 3.20. The summed E-state index contributed by atoms with van der Waals surface area (Å²) in [5, 5.41) is 12.4. The van der Waals surface area contributed by atoms with Crippen molar-refractivity contribution in [2.75, 3.05) is 13.1 Å². The van der Waals surface area contributed by atoms with Gasteiger partial charge in [-0.15, -0.1) is 5.10 Å². The van der Waals surface area contributed by atoms with Gasteiger partial charge in [0.2, 0.25) is 5.91 Å². The maximum atomic E-state index is 12.5. The Balaban J connectivity index is 1.40. The Morgan fingerprint density at radius 2 is 2.35 bits per heavy atom. The van der Waals surface area contributed by atoms with Crippen molar-refractivity contribution in [3.8, 4) is 0 Å². The largest absolute Gasteiger partial charge is 0.370 e. The summed E-state index contributed by atoms with van der Waals surface area (Å²) in [5.74, 6) is 0.156. The van der Waals surface area contributed by atoms with Crippen LogP contribution in [0.25, 0.3) is 0 Å². The van der Waals surface area contributed by atoms with E-state index in [0.29, 0.717) is 26.1 Å². The van der Waals surface area contributed by atoms with Gasteiger partial charge in [0.25, 0.3) is 0 Å². The predicted octanol–water partition coefficient (Wildman–Crippen LogP) is 0.546. The summed E-state index contributed by atoms with van der Waals surface area (Å²) in [4.78, 5) is 14.4. The summed E-state index contributed by atoms with van der Waals surface area (Å²) in [6.45, 7) is 4.54. The predicted molar refractivity (Wildman–Crippen MR) is 80.4 cm³/mol. The third kappa shape index (κ3) is 2.74. The maximum Gasteiger partial charge on any atom is 0.224 e. The minimum Gasteiger partial charge on any atom is -0.370 e. The van der Waals surface area contributed by atoms with Gasteiger partial charge in [-0.1, -0.05) is 5.21 Å². The van der Waals surface area contributed by atoms with Crippen LogP contribution < -0.4 is 0 Å². The Morgan fingerprint density at radius 1 is 1.43 bits per heavy atom. The van der Waals surface area contributed by atoms with Gasteiger partial charge < -0.3 is 9.64 Å². The lowest BCUT2D eigenvalue weighted by Crippen LogP contribution is -2.50. The molecule has 4 rings (SSSR count). The smallest absolute Gasteiger partial charge is 0.224 e. The number of carbonyl (C=O) groups is 1. The molecule has 0 radical (unpaired) electrons. The normalized spacial score (nSPS) is 23.4. The molecular weight excluding hydrogens is 296 g/mol. The molecule has 2 unspecified atom stereocenters. The molecule has 1 amide bonds. The maximum absolute atomic E-state index is 12.5. The first-order valence-electron chi connectivity index (χ1n) is 7.98. The molecule has 2 aromatic heterocycles. The van der Waals surface area contributed by atoms with E-state index in [2.05, 4.69) is 15.4 Å². The van der Waals surface area contributed by atoms with Crippen LogP contribution in [0.5, 0.6) is 0 Å². The van der Waals surface area contributed by atoms with Gasteiger partial charge in [0.15, 0.2) is 0 Å². The van der Waals surface area contributed by atoms with Crippen LogP contribution in [0.3, 0.4) is 0 Å². The highest BCUT2D eigenvalue weighted by Crippen LogP contribution is 2.30. The quantitative estimate of drug-likeness (QED) is 0.826. The van der Waals surface area contributed by atoms with E-state index >= 15 is 0 Å². The number of carbonyl (C=O) groups excluding carboxylic acids is 1. The van der Waals surface area contributed by atoms with E-state index in [4.69, 9.17) is 4.74 Å². The lowest BCUT2D eigenvalue weighted by Gasteiger charge is -2.41. The molecule has 8 heteroatoms. The SMILES string of the molecule is Cc1cnn(CCC(=O)N2CCC3OCc4cnnn4C3C2)c1. The molecule has 0 aliphatic carbocycles. The molecule has 0 N–H and O–H groups in total. The van der Waals surface area contributed by atoms with E-state index in [1.165, 1.54) is 0 Å². The van der Waals surface area contributed by atoms with Gasteiger partial charge in [-0.25, -0.2) is 4.68 Å². The molecule has 2 atom stereocenters. The van der Waals surface area contributed by atoms with Gasteiger partial charge >= 0.3 is 0 Å². The molecule has 0 bridgehead atoms. The molecule has 0 saturated carbocycles. The monoisotopic (exact) mass is 316 g/mol. The van der Waals surface area contributed by atoms with Gasteiger partial charge in [0.1, 0.15) is 0 Å². The Kier molecular flexibility index (Phi) is 3.60. The Morgan fingerprint density at radius 3 is 3.17 bits per heavy atom. The second-order valence-electron chi connectivity index (χ2n) is 6.25. The minimum atomic E-state index is 0.0749. The second-order valence-corrected chi connectivity index (χ2v) is 6.25. The molecule has 122 valence electrons. The van der Waals surface area contributed by atoms with Crippen LogP contribution in [0, 0.1) is 6.92 Å². The van der Waals surface area contributed by atoms with Crippen LogP contribution in [-0.4, -0.2) is 54.8 Å². The van der Waals surface area contributed by atoms with E-state index in [-0.39, 0.29) is 18.1 Å². The standard InChI is InChI=1S/C15H20N6O2/c1-11-6-17-20(8-11)5-3-15(22)19-4-2-14-13(9-19)21-12(10-23-14)7-16-18-21/h6-8,13-14H,2-5,9-10H2,1H3. The van der Waals surface area contributed by atoms with Crippen molar-refractivity contribution in [3.05, 3.63) is 29.8 Å². The number of fused-ring (bicyclic) bond motifs is 3. The first kappa shape index (κ1) is 14.4. The zero-order valence-electron chi connectivity index (χ0n) is 13.1. The third-order valence-electron chi connectivity index (χ3n) is 4.60. The number of hydrogen-bond donors (Lipinski definition) is 0. The molecule has 2 aromatic rings. The molecule has 0 spiro atoms. The highest BCUT2D eigenvalue weighted by molar-refractivity contribution is 5.76. The number of aromatic nitrogens is 5. The van der Waals surface area contributed by atoms with E-state index in [1.807, 2.05) is 33.6 Å². The summed E-state index contributed by atoms with van der Waals surface area (Å²) < 4.78 is 9.61. The van der Waals surface area contributed by atoms with Crippen molar-refractivity contribution < 1.29 is 9.53 Å². The van der Waals surface area contributed by atoms with Gasteiger partial charge in [-0.3, -0.25) is 9.48 Å². The van der Waals surface area contributed by atoms with Crippen molar-refractivity contribution in [1.82, 2.24) is 29.7 Å². The lowest BCUT2D eigenvalue weighted by atomic mass is 10.00. The first-order chi connectivity index (χ1) is 11.2. The van der Waals surface area contributed by atoms with Crippen molar-refractivity contribution in [1.29, 1.82) is 0 Å². The summed E-state index contributed by atoms with van der Waals surface area (Å²) in [5.41, 5.74) is 2.09. The fourth-order valence-corrected chi connectivity index (χ4v) is 3.36. The molecule has 2 aliphatic rings. The average molecular weight is 316 g/mol. The van der Waals surface area contributed by atoms with Gasteiger partial charge in [0.05, 0.1) is 36.8 Å². The summed E-state index contributed by atoms with van der Waals surface area (Å²) in [6.07, 6.45) is 6.93. The van der Waals surface area contributed by atoms with Crippen molar-refractivity contribution >= 4 is 5.91 Å². The molecule has 2 aliphatic heterocycles. The zero-order valence-corrected chi connectivity index (χ0v) is 13.1. The van der Waals surface area contributed by atoms with Gasteiger partial charge in [-0.2, -0.15) is 5.10 Å². The number of nitrogens with zero attached hydrogens (tertiary/aromatic N) is 6. The number of ether oxygens (including phenoxy) is 1. The summed E-state index contributed by atoms with van der Waals surface area (Å²) in [6, 6.07) is 0.0749. The number of piperidine rings is 1. The molecular formula is C15H20N6O2. The van der Waals surface area contributed by atoms with Crippen LogP contribution in [0.2, 0.25) is 0 Å². The Hall–Kier alpha value is -2.22. The number of amides is 1. The van der Waals surface area contributed by atoms with Gasteiger partial charge in [-0.05, 0) is 18.9 Å². The molecule has 4 heterocycles. The number of hydrogen-bond acceptors (Lipinski definition) is 5. The fraction of sp³-hybridized carbons (Fsp3) is 0.600. The number of aryl methyl sites for hydroxylation is 2. The van der Waals surface area contributed by atoms with Crippen LogP contribution in [-0.2, 0) is 22.7 Å². The van der Waals surface area contributed by atoms with E-state index in [0.717, 1.165) is 24.2 Å². The third-order valence-corrected chi connectivity index (χ3v) is 4.60. The molecule has 1 fully saturated rings. The summed E-state index contributed by atoms with van der Waals surface area (Å²) >= 11 is 0. The minimum absolute atomic E-state index is 0.0749. The highest BCUT2D eigenvalue weighted by Gasteiger charge is 2.37. The van der Waals surface area contributed by atoms with E-state index in [9.17, 15) is 4.79 Å². The fourth-order valence-electron chi connectivity index (χ4n) is 3.36. The number of likely N-dealkylation sites (tertiary alicyclic amines) is 1. The Bertz CT molecular complexity index is 708. The Labute approximate surface area is 134 Å².